The molecule has 0 aliphatic heterocycles. The van der Waals surface area contributed by atoms with Gasteiger partial charge in [0.25, 0.3) is 0 Å². The van der Waals surface area contributed by atoms with Gasteiger partial charge in [0.1, 0.15) is 0 Å². The average Bonchev–Trinajstić information content (AvgIpc) is 2.49. The number of hydrogen-bond donors (Lipinski definition) is 1. The van der Waals surface area contributed by atoms with Crippen LogP contribution >= 0.6 is 0 Å². The van der Waals surface area contributed by atoms with Crippen LogP contribution in [0.2, 0.25) is 0 Å². The Bertz CT molecular complexity index is 494. The summed E-state index contributed by atoms with van der Waals surface area (Å²) >= 11 is 0. The number of nitrogens with one attached hydrogen (secondary N) is 1. The van der Waals surface area contributed by atoms with Crippen LogP contribution < -0.4 is 0 Å². The normalized spacial score (nSPS) is 10.4. The summed E-state index contributed by atoms with van der Waals surface area (Å²) in [4.78, 5) is 10.6. The maximum Gasteiger partial charge on any atom is 0.163 e. The van der Waals surface area contributed by atoms with E-state index in [9.17, 15) is 4.79 Å². The van der Waals surface area contributed by atoms with Crippen LogP contribution in [0.3, 0.4) is 0 Å². The van der Waals surface area contributed by atoms with Crippen LogP contribution in [0, 0.1) is 5.41 Å². The van der Waals surface area contributed by atoms with Gasteiger partial charge < -0.3 is 5.41 Å². The molecule has 1 N–H and O–H groups in total. The molecule has 2 aromatic carbocycles. The first-order valence-corrected chi connectivity index (χ1v) is 6.43. The molecule has 0 heterocycles. The van der Waals surface area contributed by atoms with Gasteiger partial charge in [-0.15, -0.1) is 0 Å². The number of benzene rings is 2. The van der Waals surface area contributed by atoms with E-state index in [1.165, 1.54) is 11.1 Å². The fraction of sp³-hybridized carbons (Fsp3) is 0.176. The molecular formula is C17H17NO. The molecule has 19 heavy (non-hydrogen) atoms. The van der Waals surface area contributed by atoms with Gasteiger partial charge in [-0.25, -0.2) is 0 Å². The van der Waals surface area contributed by atoms with Gasteiger partial charge in [-0.05, 0) is 24.0 Å². The highest BCUT2D eigenvalue weighted by atomic mass is 16.1. The molecule has 0 bridgehead atoms. The van der Waals surface area contributed by atoms with Crippen LogP contribution in [0.15, 0.2) is 60.7 Å². The Morgan fingerprint density at radius 2 is 1.42 bits per heavy atom. The summed E-state index contributed by atoms with van der Waals surface area (Å²) in [5, 5.41) is 7.49. The van der Waals surface area contributed by atoms with Gasteiger partial charge in [-0.2, -0.15) is 0 Å². The number of rotatable bonds is 6. The van der Waals surface area contributed by atoms with Crippen LogP contribution in [-0.2, 0) is 4.79 Å². The molecule has 0 saturated carbocycles. The predicted molar refractivity (Wildman–Crippen MR) is 77.8 cm³/mol. The molecule has 0 radical (unpaired) electrons. The summed E-state index contributed by atoms with van der Waals surface area (Å²) in [5.74, 6) is 0.239. The standard InChI is InChI=1S/C17H17NO/c18-16(13-19)11-12-17(14-7-3-1-4-8-14)15-9-5-2-6-10-15/h1-10,13,17-18H,11-12H2. The Kier molecular flexibility index (Phi) is 4.62. The average molecular weight is 251 g/mol. The van der Waals surface area contributed by atoms with Crippen LogP contribution in [0.5, 0.6) is 0 Å². The molecule has 0 atom stereocenters. The molecule has 0 aliphatic carbocycles. The molecule has 0 amide bonds. The summed E-state index contributed by atoms with van der Waals surface area (Å²) < 4.78 is 0. The summed E-state index contributed by atoms with van der Waals surface area (Å²) in [6.07, 6.45) is 1.93. The van der Waals surface area contributed by atoms with Crippen LogP contribution in [0.1, 0.15) is 29.9 Å². The quantitative estimate of drug-likeness (QED) is 0.615. The number of carbonyl (C=O) groups is 1. The molecule has 2 rings (SSSR count). The van der Waals surface area contributed by atoms with E-state index in [4.69, 9.17) is 5.41 Å². The van der Waals surface area contributed by atoms with Crippen molar-refractivity contribution in [1.82, 2.24) is 0 Å². The zero-order valence-electron chi connectivity index (χ0n) is 10.8. The summed E-state index contributed by atoms with van der Waals surface area (Å²) in [5.41, 5.74) is 2.62. The zero-order valence-corrected chi connectivity index (χ0v) is 10.8. The van der Waals surface area contributed by atoms with E-state index >= 15 is 0 Å². The number of carbonyl (C=O) groups excluding carboxylic acids is 1. The van der Waals surface area contributed by atoms with Gasteiger partial charge in [-0.1, -0.05) is 60.7 Å². The van der Waals surface area contributed by atoms with Crippen molar-refractivity contribution in [3.8, 4) is 0 Å². The second-order valence-corrected chi connectivity index (χ2v) is 4.56. The molecule has 0 aliphatic rings. The molecule has 2 heteroatoms. The lowest BCUT2D eigenvalue weighted by Crippen LogP contribution is -2.05. The molecule has 96 valence electrons. The Balaban J connectivity index is 2.24. The first kappa shape index (κ1) is 13.2. The third-order valence-electron chi connectivity index (χ3n) is 3.25. The highest BCUT2D eigenvalue weighted by Crippen LogP contribution is 2.28. The maximum atomic E-state index is 10.6. The first-order valence-electron chi connectivity index (χ1n) is 6.43. The SMILES string of the molecule is N=C(C=O)CCC(c1ccccc1)c1ccccc1. The largest absolute Gasteiger partial charge is 0.302 e. The first-order chi connectivity index (χ1) is 9.31. The van der Waals surface area contributed by atoms with Gasteiger partial charge in [0.15, 0.2) is 6.29 Å². The van der Waals surface area contributed by atoms with Crippen LogP contribution in [0.4, 0.5) is 0 Å². The van der Waals surface area contributed by atoms with Crippen molar-refractivity contribution in [1.29, 1.82) is 5.41 Å². The number of aldehydes is 1. The highest BCUT2D eigenvalue weighted by molar-refractivity contribution is 6.26. The van der Waals surface area contributed by atoms with Crippen molar-refractivity contribution in [3.63, 3.8) is 0 Å². The minimum atomic E-state index is 0.164. The van der Waals surface area contributed by atoms with Crippen molar-refractivity contribution < 1.29 is 4.79 Å². The topological polar surface area (TPSA) is 40.9 Å². The molecule has 0 spiro atoms. The molecule has 0 unspecified atom stereocenters. The Morgan fingerprint density at radius 3 is 1.84 bits per heavy atom. The van der Waals surface area contributed by atoms with E-state index in [0.717, 1.165) is 6.42 Å². The molecule has 2 nitrogen and oxygen atoms in total. The van der Waals surface area contributed by atoms with E-state index < -0.39 is 0 Å². The van der Waals surface area contributed by atoms with E-state index in [1.807, 2.05) is 36.4 Å². The third-order valence-corrected chi connectivity index (χ3v) is 3.25. The zero-order chi connectivity index (χ0) is 13.5. The Hall–Kier alpha value is -2.22. The van der Waals surface area contributed by atoms with Gasteiger partial charge in [0, 0.05) is 5.92 Å². The molecule has 0 aromatic heterocycles. The minimum Gasteiger partial charge on any atom is -0.302 e. The fourth-order valence-electron chi connectivity index (χ4n) is 2.26. The minimum absolute atomic E-state index is 0.164. The van der Waals surface area contributed by atoms with Gasteiger partial charge in [-0.3, -0.25) is 4.79 Å². The summed E-state index contributed by atoms with van der Waals surface area (Å²) in [6, 6.07) is 20.5. The Labute approximate surface area is 113 Å². The molecular weight excluding hydrogens is 234 g/mol. The Morgan fingerprint density at radius 1 is 0.947 bits per heavy atom. The van der Waals surface area contributed by atoms with Gasteiger partial charge >= 0.3 is 0 Å². The molecule has 0 saturated heterocycles. The lowest BCUT2D eigenvalue weighted by Gasteiger charge is -2.17. The maximum absolute atomic E-state index is 10.6. The van der Waals surface area contributed by atoms with E-state index in [2.05, 4.69) is 24.3 Å². The molecule has 0 fully saturated rings. The summed E-state index contributed by atoms with van der Waals surface area (Å²) in [7, 11) is 0. The van der Waals surface area contributed by atoms with Crippen LogP contribution in [-0.4, -0.2) is 12.0 Å². The number of hydrogen-bond acceptors (Lipinski definition) is 2. The van der Waals surface area contributed by atoms with E-state index in [1.54, 1.807) is 0 Å². The smallest absolute Gasteiger partial charge is 0.163 e. The second kappa shape index (κ2) is 6.64. The van der Waals surface area contributed by atoms with Gasteiger partial charge in [0.05, 0.1) is 5.71 Å². The van der Waals surface area contributed by atoms with E-state index in [-0.39, 0.29) is 11.6 Å². The lowest BCUT2D eigenvalue weighted by molar-refractivity contribution is -0.102. The summed E-state index contributed by atoms with van der Waals surface area (Å²) in [6.45, 7) is 0. The van der Waals surface area contributed by atoms with Crippen LogP contribution in [0.25, 0.3) is 0 Å². The van der Waals surface area contributed by atoms with Gasteiger partial charge in [0.2, 0.25) is 0 Å². The van der Waals surface area contributed by atoms with Crippen molar-refractivity contribution in [3.05, 3.63) is 71.8 Å². The molecule has 2 aromatic rings. The lowest BCUT2D eigenvalue weighted by atomic mass is 9.87. The van der Waals surface area contributed by atoms with Crippen molar-refractivity contribution in [2.24, 2.45) is 0 Å². The van der Waals surface area contributed by atoms with Crippen molar-refractivity contribution >= 4 is 12.0 Å². The fourth-order valence-corrected chi connectivity index (χ4v) is 2.26. The van der Waals surface area contributed by atoms with E-state index in [0.29, 0.717) is 12.7 Å². The second-order valence-electron chi connectivity index (χ2n) is 4.56. The monoisotopic (exact) mass is 251 g/mol. The van der Waals surface area contributed by atoms with Crippen molar-refractivity contribution in [2.45, 2.75) is 18.8 Å². The highest BCUT2D eigenvalue weighted by Gasteiger charge is 2.14. The predicted octanol–water partition coefficient (Wildman–Crippen LogP) is 3.82. The van der Waals surface area contributed by atoms with Crippen molar-refractivity contribution in [2.75, 3.05) is 0 Å². The third kappa shape index (κ3) is 3.62.